The fraction of sp³-hybridized carbons (Fsp3) is 0.333. The zero-order valence-electron chi connectivity index (χ0n) is 12.0. The van der Waals surface area contributed by atoms with Gasteiger partial charge < -0.3 is 10.2 Å². The number of aryl methyl sites for hydroxylation is 1. The van der Waals surface area contributed by atoms with E-state index in [1.54, 1.807) is 30.1 Å². The highest BCUT2D eigenvalue weighted by molar-refractivity contribution is 5.60. The lowest BCUT2D eigenvalue weighted by Gasteiger charge is -2.20. The van der Waals surface area contributed by atoms with Crippen LogP contribution in [0, 0.1) is 12.7 Å². The lowest BCUT2D eigenvalue weighted by atomic mass is 10.2. The maximum Gasteiger partial charge on any atom is 0.224 e. The van der Waals surface area contributed by atoms with Crippen LogP contribution in [0.25, 0.3) is 0 Å². The summed E-state index contributed by atoms with van der Waals surface area (Å²) in [4.78, 5) is 10.5. The van der Waals surface area contributed by atoms with Gasteiger partial charge in [-0.25, -0.2) is 9.37 Å². The number of para-hydroxylation sites is 1. The van der Waals surface area contributed by atoms with Crippen LogP contribution in [0.3, 0.4) is 0 Å². The maximum atomic E-state index is 13.8. The Labute approximate surface area is 118 Å². The minimum atomic E-state index is -0.269. The van der Waals surface area contributed by atoms with Gasteiger partial charge >= 0.3 is 0 Å². The molecule has 0 bridgehead atoms. The first-order valence-corrected chi connectivity index (χ1v) is 6.69. The van der Waals surface area contributed by atoms with Crippen molar-refractivity contribution < 1.29 is 4.39 Å². The zero-order chi connectivity index (χ0) is 14.5. The van der Waals surface area contributed by atoms with Crippen molar-refractivity contribution in [3.8, 4) is 0 Å². The normalized spacial score (nSPS) is 10.4. The summed E-state index contributed by atoms with van der Waals surface area (Å²) in [5.41, 5.74) is 1.34. The van der Waals surface area contributed by atoms with Gasteiger partial charge in [0.2, 0.25) is 5.95 Å². The predicted molar refractivity (Wildman–Crippen MR) is 80.0 cm³/mol. The molecule has 0 aliphatic rings. The zero-order valence-corrected chi connectivity index (χ0v) is 12.0. The minimum absolute atomic E-state index is 0.269. The molecule has 4 nitrogen and oxygen atoms in total. The number of hydrogen-bond donors (Lipinski definition) is 1. The molecule has 0 aliphatic carbocycles. The molecule has 0 unspecified atom stereocenters. The molecule has 2 rings (SSSR count). The smallest absolute Gasteiger partial charge is 0.224 e. The molecule has 0 amide bonds. The summed E-state index contributed by atoms with van der Waals surface area (Å²) in [5, 5.41) is 3.15. The number of nitrogens with one attached hydrogen (secondary N) is 1. The number of aromatic nitrogens is 2. The summed E-state index contributed by atoms with van der Waals surface area (Å²) >= 11 is 0. The fourth-order valence-corrected chi connectivity index (χ4v) is 1.89. The molecule has 0 fully saturated rings. The minimum Gasteiger partial charge on any atom is -0.354 e. The second-order valence-corrected chi connectivity index (χ2v) is 4.63. The number of anilines is 3. The Bertz CT molecular complexity index is 586. The van der Waals surface area contributed by atoms with Crippen LogP contribution in [0.2, 0.25) is 0 Å². The van der Waals surface area contributed by atoms with Crippen molar-refractivity contribution in [1.82, 2.24) is 9.97 Å². The average Bonchev–Trinajstić information content (AvgIpc) is 2.44. The Morgan fingerprint density at radius 2 is 2.00 bits per heavy atom. The summed E-state index contributed by atoms with van der Waals surface area (Å²) < 4.78 is 13.8. The number of hydrogen-bond acceptors (Lipinski definition) is 4. The van der Waals surface area contributed by atoms with Gasteiger partial charge in [0, 0.05) is 25.4 Å². The molecular formula is C15H19FN4. The molecule has 1 aromatic carbocycles. The van der Waals surface area contributed by atoms with Crippen LogP contribution in [0.5, 0.6) is 0 Å². The molecule has 0 radical (unpaired) electrons. The summed E-state index contributed by atoms with van der Waals surface area (Å²) in [6.45, 7) is 4.79. The molecule has 20 heavy (non-hydrogen) atoms. The van der Waals surface area contributed by atoms with Crippen LogP contribution in [-0.2, 0) is 0 Å². The van der Waals surface area contributed by atoms with Gasteiger partial charge in [-0.15, -0.1) is 0 Å². The van der Waals surface area contributed by atoms with Gasteiger partial charge in [0.1, 0.15) is 11.6 Å². The van der Waals surface area contributed by atoms with Gasteiger partial charge in [0.15, 0.2) is 0 Å². The van der Waals surface area contributed by atoms with Gasteiger partial charge in [0.05, 0.1) is 5.69 Å². The third-order valence-corrected chi connectivity index (χ3v) is 2.93. The highest BCUT2D eigenvalue weighted by Crippen LogP contribution is 2.25. The van der Waals surface area contributed by atoms with E-state index in [1.807, 2.05) is 13.0 Å². The molecular weight excluding hydrogens is 255 g/mol. The first-order valence-electron chi connectivity index (χ1n) is 6.69. The van der Waals surface area contributed by atoms with Crippen LogP contribution in [0.4, 0.5) is 21.8 Å². The second kappa shape index (κ2) is 6.32. The molecule has 0 atom stereocenters. The molecule has 2 aromatic rings. The lowest BCUT2D eigenvalue weighted by Crippen LogP contribution is -2.15. The first kappa shape index (κ1) is 14.2. The second-order valence-electron chi connectivity index (χ2n) is 4.63. The maximum absolute atomic E-state index is 13.8. The van der Waals surface area contributed by atoms with Crippen molar-refractivity contribution in [3.63, 3.8) is 0 Å². The molecule has 5 heteroatoms. The quantitative estimate of drug-likeness (QED) is 0.905. The van der Waals surface area contributed by atoms with Crippen LogP contribution in [0.15, 0.2) is 30.3 Å². The van der Waals surface area contributed by atoms with E-state index >= 15 is 0 Å². The molecule has 0 saturated heterocycles. The van der Waals surface area contributed by atoms with Crippen molar-refractivity contribution in [2.75, 3.05) is 23.8 Å². The van der Waals surface area contributed by atoms with Gasteiger partial charge in [-0.3, -0.25) is 0 Å². The Hall–Kier alpha value is -2.17. The van der Waals surface area contributed by atoms with E-state index in [0.717, 1.165) is 18.7 Å². The predicted octanol–water partition coefficient (Wildman–Crippen LogP) is 3.51. The van der Waals surface area contributed by atoms with E-state index in [2.05, 4.69) is 22.2 Å². The molecule has 1 aromatic heterocycles. The standard InChI is InChI=1S/C15H19FN4/c1-4-9-17-15-18-11(2)10-14(19-15)20(3)13-8-6-5-7-12(13)16/h5-8,10H,4,9H2,1-3H3,(H,17,18,19). The lowest BCUT2D eigenvalue weighted by molar-refractivity contribution is 0.627. The van der Waals surface area contributed by atoms with Gasteiger partial charge in [-0.1, -0.05) is 19.1 Å². The summed E-state index contributed by atoms with van der Waals surface area (Å²) in [7, 11) is 1.80. The number of nitrogens with zero attached hydrogens (tertiary/aromatic N) is 3. The van der Waals surface area contributed by atoms with Crippen molar-refractivity contribution in [2.24, 2.45) is 0 Å². The first-order chi connectivity index (χ1) is 9.61. The Balaban J connectivity index is 2.32. The Kier molecular flexibility index (Phi) is 4.50. The Morgan fingerprint density at radius 3 is 2.70 bits per heavy atom. The molecule has 0 saturated carbocycles. The van der Waals surface area contributed by atoms with Crippen molar-refractivity contribution in [2.45, 2.75) is 20.3 Å². The molecule has 0 spiro atoms. The van der Waals surface area contributed by atoms with Gasteiger partial charge in [-0.05, 0) is 25.5 Å². The van der Waals surface area contributed by atoms with Crippen molar-refractivity contribution >= 4 is 17.5 Å². The van der Waals surface area contributed by atoms with Crippen LogP contribution < -0.4 is 10.2 Å². The van der Waals surface area contributed by atoms with Crippen LogP contribution in [-0.4, -0.2) is 23.6 Å². The van der Waals surface area contributed by atoms with Crippen LogP contribution >= 0.6 is 0 Å². The highest BCUT2D eigenvalue weighted by Gasteiger charge is 2.11. The fourth-order valence-electron chi connectivity index (χ4n) is 1.89. The number of halogens is 1. The van der Waals surface area contributed by atoms with E-state index < -0.39 is 0 Å². The third-order valence-electron chi connectivity index (χ3n) is 2.93. The summed E-state index contributed by atoms with van der Waals surface area (Å²) in [6.07, 6.45) is 0.996. The Morgan fingerprint density at radius 1 is 1.25 bits per heavy atom. The molecule has 106 valence electrons. The van der Waals surface area contributed by atoms with Gasteiger partial charge in [-0.2, -0.15) is 4.98 Å². The third kappa shape index (κ3) is 3.23. The van der Waals surface area contributed by atoms with Crippen LogP contribution in [0.1, 0.15) is 19.0 Å². The summed E-state index contributed by atoms with van der Waals surface area (Å²) in [5.74, 6) is 0.973. The molecule has 1 heterocycles. The van der Waals surface area contributed by atoms with E-state index in [4.69, 9.17) is 0 Å². The number of benzene rings is 1. The SMILES string of the molecule is CCCNc1nc(C)cc(N(C)c2ccccc2F)n1. The topological polar surface area (TPSA) is 41.1 Å². The number of rotatable bonds is 5. The molecule has 1 N–H and O–H groups in total. The molecule has 0 aliphatic heterocycles. The van der Waals surface area contributed by atoms with Crippen molar-refractivity contribution in [3.05, 3.63) is 41.8 Å². The average molecular weight is 274 g/mol. The van der Waals surface area contributed by atoms with Gasteiger partial charge in [0.25, 0.3) is 0 Å². The van der Waals surface area contributed by atoms with E-state index in [0.29, 0.717) is 17.5 Å². The summed E-state index contributed by atoms with van der Waals surface area (Å²) in [6, 6.07) is 8.48. The van der Waals surface area contributed by atoms with E-state index in [9.17, 15) is 4.39 Å². The van der Waals surface area contributed by atoms with Crippen molar-refractivity contribution in [1.29, 1.82) is 0 Å². The van der Waals surface area contributed by atoms with E-state index in [-0.39, 0.29) is 5.82 Å². The van der Waals surface area contributed by atoms with E-state index in [1.165, 1.54) is 6.07 Å². The monoisotopic (exact) mass is 274 g/mol. The highest BCUT2D eigenvalue weighted by atomic mass is 19.1. The largest absolute Gasteiger partial charge is 0.354 e.